The molecule has 0 bridgehead atoms. The number of hydrogen-bond donors (Lipinski definition) is 2. The van der Waals surface area contributed by atoms with Crippen LogP contribution in [0.1, 0.15) is 42.7 Å². The standard InChI is InChI=1S/C24H24ClFN4O2/c1-31-22-11-9-17(13-23(22)32-19-4-2-3-5-19)18(14-29-24(28)30-15-27)8-6-16-7-10-20(25)21(26)12-16/h7,9-13,18-19H,2-5,14H2,1H3,(H3,28,29,30). The van der Waals surface area contributed by atoms with E-state index in [-0.39, 0.29) is 29.5 Å². The zero-order valence-corrected chi connectivity index (χ0v) is 18.5. The summed E-state index contributed by atoms with van der Waals surface area (Å²) in [7, 11) is 1.60. The number of nitrogens with one attached hydrogen (secondary N) is 1. The average molecular weight is 455 g/mol. The molecule has 0 spiro atoms. The van der Waals surface area contributed by atoms with Gasteiger partial charge in [0.15, 0.2) is 17.7 Å². The molecule has 1 aliphatic rings. The third kappa shape index (κ3) is 6.29. The number of nitriles is 1. The second kappa shape index (κ2) is 11.3. The van der Waals surface area contributed by atoms with Gasteiger partial charge in [0.05, 0.1) is 30.7 Å². The number of nitrogens with zero attached hydrogens (tertiary/aromatic N) is 2. The van der Waals surface area contributed by atoms with Gasteiger partial charge in [-0.3, -0.25) is 10.3 Å². The molecular weight excluding hydrogens is 431 g/mol. The van der Waals surface area contributed by atoms with Gasteiger partial charge in [-0.15, -0.1) is 0 Å². The predicted molar refractivity (Wildman–Crippen MR) is 122 cm³/mol. The summed E-state index contributed by atoms with van der Waals surface area (Å²) in [6.07, 6.45) is 6.22. The number of hydrogen-bond acceptors (Lipinski definition) is 4. The maximum atomic E-state index is 13.8. The van der Waals surface area contributed by atoms with Crippen LogP contribution in [-0.4, -0.2) is 25.7 Å². The van der Waals surface area contributed by atoms with E-state index in [0.29, 0.717) is 17.1 Å². The number of benzene rings is 2. The van der Waals surface area contributed by atoms with Crippen molar-refractivity contribution in [1.29, 1.82) is 5.26 Å². The molecule has 32 heavy (non-hydrogen) atoms. The maximum absolute atomic E-state index is 13.8. The molecule has 2 aromatic carbocycles. The van der Waals surface area contributed by atoms with E-state index in [9.17, 15) is 4.39 Å². The van der Waals surface area contributed by atoms with Crippen LogP contribution < -0.4 is 20.5 Å². The molecule has 8 heteroatoms. The number of nitrogens with two attached hydrogens (primary N) is 1. The number of guanidine groups is 1. The molecule has 3 rings (SSSR count). The van der Waals surface area contributed by atoms with Crippen LogP contribution in [0, 0.1) is 29.1 Å². The van der Waals surface area contributed by atoms with E-state index in [1.165, 1.54) is 12.1 Å². The fourth-order valence-electron chi connectivity index (χ4n) is 3.45. The van der Waals surface area contributed by atoms with Crippen LogP contribution in [-0.2, 0) is 0 Å². The second-order valence-corrected chi connectivity index (χ2v) is 7.76. The van der Waals surface area contributed by atoms with Crippen molar-refractivity contribution in [2.75, 3.05) is 13.7 Å². The normalized spacial score (nSPS) is 14.8. The maximum Gasteiger partial charge on any atom is 0.202 e. The minimum Gasteiger partial charge on any atom is -0.493 e. The molecule has 0 aliphatic heterocycles. The van der Waals surface area contributed by atoms with Crippen molar-refractivity contribution in [3.05, 3.63) is 58.4 Å². The third-order valence-corrected chi connectivity index (χ3v) is 5.43. The van der Waals surface area contributed by atoms with E-state index in [4.69, 9.17) is 32.1 Å². The molecule has 0 amide bonds. The second-order valence-electron chi connectivity index (χ2n) is 7.35. The molecule has 166 valence electrons. The van der Waals surface area contributed by atoms with Gasteiger partial charge in [0, 0.05) is 5.56 Å². The van der Waals surface area contributed by atoms with Gasteiger partial charge < -0.3 is 15.2 Å². The summed E-state index contributed by atoms with van der Waals surface area (Å²) in [5, 5.41) is 11.1. The Labute approximate surface area is 192 Å². The Bertz CT molecular complexity index is 1080. The summed E-state index contributed by atoms with van der Waals surface area (Å²) in [6.45, 7) is 0.193. The van der Waals surface area contributed by atoms with Gasteiger partial charge in [-0.25, -0.2) is 4.39 Å². The summed E-state index contributed by atoms with van der Waals surface area (Å²) in [6, 6.07) is 9.99. The van der Waals surface area contributed by atoms with Gasteiger partial charge in [-0.05, 0) is 61.6 Å². The number of halogens is 2. The lowest BCUT2D eigenvalue weighted by molar-refractivity contribution is 0.200. The minimum absolute atomic E-state index is 0.00669. The zero-order chi connectivity index (χ0) is 22.9. The Hall–Kier alpha value is -3.42. The van der Waals surface area contributed by atoms with E-state index >= 15 is 0 Å². The molecule has 3 N–H and O–H groups in total. The SMILES string of the molecule is COc1ccc(C(C#Cc2ccc(Cl)c(F)c2)CN=C(N)NC#N)cc1OC1CCCC1. The van der Waals surface area contributed by atoms with Crippen LogP contribution in [0.2, 0.25) is 5.02 Å². The third-order valence-electron chi connectivity index (χ3n) is 5.12. The van der Waals surface area contributed by atoms with Crippen LogP contribution in [0.15, 0.2) is 41.4 Å². The molecule has 1 atom stereocenters. The Morgan fingerprint density at radius 1 is 1.28 bits per heavy atom. The highest BCUT2D eigenvalue weighted by Crippen LogP contribution is 2.34. The number of methoxy groups -OCH3 is 1. The number of ether oxygens (including phenoxy) is 2. The summed E-state index contributed by atoms with van der Waals surface area (Å²) in [4.78, 5) is 4.20. The van der Waals surface area contributed by atoms with Crippen LogP contribution in [0.25, 0.3) is 0 Å². The summed E-state index contributed by atoms with van der Waals surface area (Å²) in [5.41, 5.74) is 7.03. The molecule has 1 aliphatic carbocycles. The fourth-order valence-corrected chi connectivity index (χ4v) is 3.57. The first-order chi connectivity index (χ1) is 15.5. The van der Waals surface area contributed by atoms with Gasteiger partial charge in [0.25, 0.3) is 0 Å². The van der Waals surface area contributed by atoms with Crippen molar-refractivity contribution in [3.8, 4) is 29.5 Å². The van der Waals surface area contributed by atoms with Crippen molar-refractivity contribution in [1.82, 2.24) is 5.32 Å². The average Bonchev–Trinajstić information content (AvgIpc) is 3.29. The Morgan fingerprint density at radius 2 is 2.06 bits per heavy atom. The summed E-state index contributed by atoms with van der Waals surface area (Å²) < 4.78 is 25.4. The molecule has 1 saturated carbocycles. The van der Waals surface area contributed by atoms with Crippen LogP contribution >= 0.6 is 11.6 Å². The van der Waals surface area contributed by atoms with E-state index in [2.05, 4.69) is 22.2 Å². The van der Waals surface area contributed by atoms with Crippen LogP contribution in [0.5, 0.6) is 11.5 Å². The van der Waals surface area contributed by atoms with Gasteiger partial charge >= 0.3 is 0 Å². The smallest absolute Gasteiger partial charge is 0.202 e. The van der Waals surface area contributed by atoms with Crippen molar-refractivity contribution in [2.45, 2.75) is 37.7 Å². The van der Waals surface area contributed by atoms with Crippen molar-refractivity contribution in [3.63, 3.8) is 0 Å². The lowest BCUT2D eigenvalue weighted by Gasteiger charge is -2.18. The van der Waals surface area contributed by atoms with Crippen molar-refractivity contribution in [2.24, 2.45) is 10.7 Å². The van der Waals surface area contributed by atoms with Gasteiger partial charge in [-0.1, -0.05) is 29.5 Å². The topological polar surface area (TPSA) is 92.7 Å². The molecular formula is C24H24ClFN4O2. The highest BCUT2D eigenvalue weighted by atomic mass is 35.5. The summed E-state index contributed by atoms with van der Waals surface area (Å²) in [5.74, 6) is 6.46. The van der Waals surface area contributed by atoms with Gasteiger partial charge in [0.2, 0.25) is 5.96 Å². The van der Waals surface area contributed by atoms with Crippen molar-refractivity contribution < 1.29 is 13.9 Å². The van der Waals surface area contributed by atoms with Crippen molar-refractivity contribution >= 4 is 17.6 Å². The zero-order valence-electron chi connectivity index (χ0n) is 17.7. The molecule has 0 radical (unpaired) electrons. The minimum atomic E-state index is -0.535. The summed E-state index contributed by atoms with van der Waals surface area (Å²) >= 11 is 5.76. The number of rotatable bonds is 6. The lowest BCUT2D eigenvalue weighted by atomic mass is 9.98. The highest BCUT2D eigenvalue weighted by Gasteiger charge is 2.20. The van der Waals surface area contributed by atoms with Gasteiger partial charge in [-0.2, -0.15) is 5.26 Å². The monoisotopic (exact) mass is 454 g/mol. The van der Waals surface area contributed by atoms with E-state index in [0.717, 1.165) is 31.2 Å². The molecule has 0 saturated heterocycles. The number of aliphatic imine (C=N–C) groups is 1. The van der Waals surface area contributed by atoms with Gasteiger partial charge in [0.1, 0.15) is 5.82 Å². The Kier molecular flexibility index (Phi) is 8.19. The predicted octanol–water partition coefficient (Wildman–Crippen LogP) is 4.33. The quantitative estimate of drug-likeness (QED) is 0.223. The lowest BCUT2D eigenvalue weighted by Crippen LogP contribution is -2.28. The molecule has 0 heterocycles. The molecule has 2 aromatic rings. The van der Waals surface area contributed by atoms with E-state index in [1.807, 2.05) is 18.2 Å². The molecule has 6 nitrogen and oxygen atoms in total. The molecule has 1 unspecified atom stereocenters. The Morgan fingerprint density at radius 3 is 2.75 bits per heavy atom. The molecule has 1 fully saturated rings. The van der Waals surface area contributed by atoms with Crippen LogP contribution in [0.3, 0.4) is 0 Å². The van der Waals surface area contributed by atoms with E-state index in [1.54, 1.807) is 19.4 Å². The largest absolute Gasteiger partial charge is 0.493 e. The molecule has 0 aromatic heterocycles. The Balaban J connectivity index is 1.93. The van der Waals surface area contributed by atoms with E-state index < -0.39 is 5.82 Å². The first-order valence-electron chi connectivity index (χ1n) is 10.3. The first-order valence-corrected chi connectivity index (χ1v) is 10.6. The highest BCUT2D eigenvalue weighted by molar-refractivity contribution is 6.30. The van der Waals surface area contributed by atoms with Crippen LogP contribution in [0.4, 0.5) is 4.39 Å². The first kappa shape index (κ1) is 23.2. The fraction of sp³-hybridized carbons (Fsp3) is 0.333.